The standard InChI is InChI=1S/C30H42N2O7S3/c33-30-22-40(34,35)21-29(30)32(42(38,39)28-17-13-26(14-18-28)24-9-5-2-6-10-24)20-19-31-41(36,37)27-15-11-25(12-16-27)23-7-3-1-4-8-23/h11-18,23-24,29-31,33H,1-10,19-22H2/t29-,30+/m0/s1. The van der Waals surface area contributed by atoms with Gasteiger partial charge in [-0.1, -0.05) is 62.8 Å². The van der Waals surface area contributed by atoms with E-state index in [0.29, 0.717) is 11.8 Å². The number of sulfone groups is 1. The van der Waals surface area contributed by atoms with Crippen molar-refractivity contribution in [2.24, 2.45) is 0 Å². The number of nitrogens with zero attached hydrogens (tertiary/aromatic N) is 1. The van der Waals surface area contributed by atoms with Crippen LogP contribution in [0.3, 0.4) is 0 Å². The average Bonchev–Trinajstić information content (AvgIpc) is 3.27. The second-order valence-corrected chi connectivity index (χ2v) is 17.8. The van der Waals surface area contributed by atoms with Crippen molar-refractivity contribution in [2.75, 3.05) is 24.6 Å². The highest BCUT2D eigenvalue weighted by Gasteiger charge is 2.44. The molecule has 2 atom stereocenters. The number of nitrogens with one attached hydrogen (secondary N) is 1. The molecule has 2 saturated carbocycles. The van der Waals surface area contributed by atoms with Crippen LogP contribution in [0, 0.1) is 0 Å². The molecule has 0 bridgehead atoms. The molecule has 1 aliphatic heterocycles. The van der Waals surface area contributed by atoms with E-state index in [0.717, 1.165) is 54.0 Å². The number of benzene rings is 2. The monoisotopic (exact) mass is 638 g/mol. The zero-order valence-corrected chi connectivity index (χ0v) is 26.3. The molecule has 1 saturated heterocycles. The van der Waals surface area contributed by atoms with Gasteiger partial charge in [0.2, 0.25) is 20.0 Å². The Balaban J connectivity index is 1.31. The highest BCUT2D eigenvalue weighted by atomic mass is 32.2. The second-order valence-electron chi connectivity index (χ2n) is 12.0. The van der Waals surface area contributed by atoms with E-state index < -0.39 is 53.5 Å². The lowest BCUT2D eigenvalue weighted by Gasteiger charge is -2.29. The molecule has 0 unspecified atom stereocenters. The molecular weight excluding hydrogens is 597 g/mol. The summed E-state index contributed by atoms with van der Waals surface area (Å²) in [6, 6.07) is 12.3. The highest BCUT2D eigenvalue weighted by molar-refractivity contribution is 7.92. The summed E-state index contributed by atoms with van der Waals surface area (Å²) < 4.78 is 81.8. The van der Waals surface area contributed by atoms with E-state index in [-0.39, 0.29) is 22.9 Å². The summed E-state index contributed by atoms with van der Waals surface area (Å²) in [5, 5.41) is 10.6. The van der Waals surface area contributed by atoms with Crippen LogP contribution in [0.1, 0.15) is 87.2 Å². The third-order valence-electron chi connectivity index (χ3n) is 9.12. The van der Waals surface area contributed by atoms with Crippen LogP contribution in [-0.4, -0.2) is 71.4 Å². The fourth-order valence-corrected chi connectivity index (χ4v) is 11.3. The van der Waals surface area contributed by atoms with Gasteiger partial charge in [0.25, 0.3) is 0 Å². The molecule has 0 radical (unpaired) electrons. The maximum Gasteiger partial charge on any atom is 0.243 e. The Hall–Kier alpha value is -1.83. The molecule has 3 fully saturated rings. The number of aliphatic hydroxyl groups excluding tert-OH is 1. The normalized spacial score (nSPS) is 24.2. The van der Waals surface area contributed by atoms with Crippen molar-refractivity contribution in [2.45, 2.75) is 98.0 Å². The van der Waals surface area contributed by atoms with Gasteiger partial charge in [0, 0.05) is 13.1 Å². The fourth-order valence-electron chi connectivity index (χ4n) is 6.76. The summed E-state index contributed by atoms with van der Waals surface area (Å²) in [4.78, 5) is 0.0676. The van der Waals surface area contributed by atoms with Crippen molar-refractivity contribution in [3.8, 4) is 0 Å². The fraction of sp³-hybridized carbons (Fsp3) is 0.600. The Morgan fingerprint density at radius 3 is 1.64 bits per heavy atom. The van der Waals surface area contributed by atoms with Crippen LogP contribution >= 0.6 is 0 Å². The van der Waals surface area contributed by atoms with E-state index in [4.69, 9.17) is 0 Å². The Morgan fingerprint density at radius 2 is 1.19 bits per heavy atom. The molecule has 2 aromatic rings. The maximum atomic E-state index is 13.8. The minimum Gasteiger partial charge on any atom is -0.390 e. The molecule has 5 rings (SSSR count). The van der Waals surface area contributed by atoms with Gasteiger partial charge in [-0.2, -0.15) is 4.31 Å². The lowest BCUT2D eigenvalue weighted by molar-refractivity contribution is 0.128. The summed E-state index contributed by atoms with van der Waals surface area (Å²) in [7, 11) is -11.8. The number of hydrogen-bond donors (Lipinski definition) is 2. The van der Waals surface area contributed by atoms with Gasteiger partial charge in [-0.05, 0) is 72.9 Å². The molecule has 2 aromatic carbocycles. The average molecular weight is 639 g/mol. The second kappa shape index (κ2) is 13.0. The van der Waals surface area contributed by atoms with E-state index in [2.05, 4.69) is 4.72 Å². The molecular formula is C30H42N2O7S3. The van der Waals surface area contributed by atoms with E-state index in [1.54, 1.807) is 12.1 Å². The summed E-state index contributed by atoms with van der Waals surface area (Å²) in [6.45, 7) is -0.612. The summed E-state index contributed by atoms with van der Waals surface area (Å²) >= 11 is 0. The van der Waals surface area contributed by atoms with Gasteiger partial charge in [0.05, 0.1) is 33.4 Å². The van der Waals surface area contributed by atoms with Crippen LogP contribution in [0.5, 0.6) is 0 Å². The van der Waals surface area contributed by atoms with Crippen molar-refractivity contribution in [1.82, 2.24) is 9.03 Å². The van der Waals surface area contributed by atoms with Crippen LogP contribution < -0.4 is 4.72 Å². The van der Waals surface area contributed by atoms with Gasteiger partial charge >= 0.3 is 0 Å². The Bertz CT molecular complexity index is 1530. The first-order chi connectivity index (χ1) is 20.0. The van der Waals surface area contributed by atoms with Crippen molar-refractivity contribution in [3.05, 3.63) is 59.7 Å². The molecule has 2 aliphatic carbocycles. The first kappa shape index (κ1) is 31.6. The maximum absolute atomic E-state index is 13.8. The topological polar surface area (TPSA) is 138 Å². The largest absolute Gasteiger partial charge is 0.390 e. The first-order valence-electron chi connectivity index (χ1n) is 15.1. The van der Waals surface area contributed by atoms with Crippen molar-refractivity contribution < 1.29 is 30.4 Å². The van der Waals surface area contributed by atoms with Gasteiger partial charge in [-0.3, -0.25) is 0 Å². The predicted molar refractivity (Wildman–Crippen MR) is 162 cm³/mol. The van der Waals surface area contributed by atoms with Gasteiger partial charge in [-0.25, -0.2) is 30.0 Å². The van der Waals surface area contributed by atoms with Crippen LogP contribution in [0.15, 0.2) is 58.3 Å². The number of aliphatic hydroxyl groups is 1. The molecule has 12 heteroatoms. The van der Waals surface area contributed by atoms with E-state index in [1.165, 1.54) is 37.8 Å². The summed E-state index contributed by atoms with van der Waals surface area (Å²) in [5.41, 5.74) is 2.20. The molecule has 42 heavy (non-hydrogen) atoms. The van der Waals surface area contributed by atoms with Crippen molar-refractivity contribution in [3.63, 3.8) is 0 Å². The Morgan fingerprint density at radius 1 is 0.714 bits per heavy atom. The van der Waals surface area contributed by atoms with Gasteiger partial charge in [0.15, 0.2) is 9.84 Å². The van der Waals surface area contributed by atoms with Crippen LogP contribution in [-0.2, 0) is 29.9 Å². The quantitative estimate of drug-likeness (QED) is 0.403. The van der Waals surface area contributed by atoms with Crippen LogP contribution in [0.2, 0.25) is 0 Å². The third kappa shape index (κ3) is 7.27. The number of hydrogen-bond acceptors (Lipinski definition) is 7. The zero-order chi connectivity index (χ0) is 30.0. The van der Waals surface area contributed by atoms with Gasteiger partial charge < -0.3 is 5.11 Å². The molecule has 2 N–H and O–H groups in total. The Labute approximate surface area is 250 Å². The van der Waals surface area contributed by atoms with Crippen molar-refractivity contribution in [1.29, 1.82) is 0 Å². The summed E-state index contributed by atoms with van der Waals surface area (Å²) in [5.74, 6) is -0.237. The molecule has 9 nitrogen and oxygen atoms in total. The zero-order valence-electron chi connectivity index (χ0n) is 23.9. The number of rotatable bonds is 10. The molecule has 0 amide bonds. The van der Waals surface area contributed by atoms with Gasteiger partial charge in [0.1, 0.15) is 0 Å². The first-order valence-corrected chi connectivity index (χ1v) is 19.8. The molecule has 0 spiro atoms. The Kier molecular flexibility index (Phi) is 9.80. The number of sulfonamides is 2. The molecule has 232 valence electrons. The molecule has 0 aromatic heterocycles. The van der Waals surface area contributed by atoms with Crippen molar-refractivity contribution >= 4 is 29.9 Å². The molecule has 3 aliphatic rings. The predicted octanol–water partition coefficient (Wildman–Crippen LogP) is 3.91. The minimum absolute atomic E-state index is 0.0142. The SMILES string of the molecule is O=S1(=O)C[C@@H](O)[C@@H](N(CCNS(=O)(=O)c2ccc(C3CCCCC3)cc2)S(=O)(=O)c2ccc(C3CCCCC3)cc2)C1. The summed E-state index contributed by atoms with van der Waals surface area (Å²) in [6.07, 6.45) is 9.99. The van der Waals surface area contributed by atoms with Crippen LogP contribution in [0.25, 0.3) is 0 Å². The third-order valence-corrected chi connectivity index (χ3v) is 14.2. The van der Waals surface area contributed by atoms with Gasteiger partial charge in [-0.15, -0.1) is 0 Å². The minimum atomic E-state index is -4.24. The lowest BCUT2D eigenvalue weighted by Crippen LogP contribution is -2.49. The van der Waals surface area contributed by atoms with E-state index in [9.17, 15) is 30.4 Å². The lowest BCUT2D eigenvalue weighted by atomic mass is 9.84. The van der Waals surface area contributed by atoms with E-state index in [1.807, 2.05) is 24.3 Å². The highest BCUT2D eigenvalue weighted by Crippen LogP contribution is 2.34. The smallest absolute Gasteiger partial charge is 0.243 e. The van der Waals surface area contributed by atoms with E-state index >= 15 is 0 Å². The molecule has 1 heterocycles. The van der Waals surface area contributed by atoms with Crippen LogP contribution in [0.4, 0.5) is 0 Å².